The molecule has 33 heavy (non-hydrogen) atoms. The SMILES string of the molecule is COc1ccc(-n2nc(C(=O)NCC(=O)N3C[C@@H](C)C[C@H](C)C3)c3ccccc3c2=O)cc1. The molecule has 2 atom stereocenters. The standard InChI is InChI=1S/C25H28N4O4/c1-16-12-17(2)15-28(14-16)22(30)13-26-24(31)23-20-6-4-5-7-21(20)25(32)29(27-23)18-8-10-19(33-3)11-9-18/h4-11,16-17H,12-15H2,1-3H3,(H,26,31)/t16-,17-/m0/s1. The Morgan fingerprint density at radius 3 is 2.30 bits per heavy atom. The first-order chi connectivity index (χ1) is 15.9. The van der Waals surface area contributed by atoms with Crippen molar-refractivity contribution in [3.8, 4) is 11.4 Å². The summed E-state index contributed by atoms with van der Waals surface area (Å²) >= 11 is 0. The number of amides is 2. The number of likely N-dealkylation sites (tertiary alicyclic amines) is 1. The van der Waals surface area contributed by atoms with Gasteiger partial charge >= 0.3 is 0 Å². The predicted molar refractivity (Wildman–Crippen MR) is 126 cm³/mol. The van der Waals surface area contributed by atoms with Crippen molar-refractivity contribution >= 4 is 22.6 Å². The molecule has 1 N–H and O–H groups in total. The first-order valence-electron chi connectivity index (χ1n) is 11.1. The number of nitrogens with zero attached hydrogens (tertiary/aromatic N) is 3. The normalized spacial score (nSPS) is 18.2. The van der Waals surface area contributed by atoms with Crippen molar-refractivity contribution in [1.29, 1.82) is 0 Å². The zero-order valence-corrected chi connectivity index (χ0v) is 19.1. The number of rotatable bonds is 5. The van der Waals surface area contributed by atoms with Crippen LogP contribution in [0.5, 0.6) is 5.75 Å². The van der Waals surface area contributed by atoms with Gasteiger partial charge < -0.3 is 15.0 Å². The lowest BCUT2D eigenvalue weighted by molar-refractivity contribution is -0.132. The summed E-state index contributed by atoms with van der Waals surface area (Å²) < 4.78 is 6.38. The largest absolute Gasteiger partial charge is 0.497 e. The van der Waals surface area contributed by atoms with Crippen molar-refractivity contribution in [2.45, 2.75) is 20.3 Å². The van der Waals surface area contributed by atoms with E-state index in [9.17, 15) is 14.4 Å². The molecular formula is C25H28N4O4. The van der Waals surface area contributed by atoms with E-state index in [1.165, 1.54) is 4.68 Å². The van der Waals surface area contributed by atoms with E-state index in [1.54, 1.807) is 55.6 Å². The molecule has 172 valence electrons. The second kappa shape index (κ2) is 9.44. The third kappa shape index (κ3) is 4.74. The number of ether oxygens (including phenoxy) is 1. The van der Waals surface area contributed by atoms with Gasteiger partial charge in [0.05, 0.1) is 24.7 Å². The number of methoxy groups -OCH3 is 1. The Bertz CT molecular complexity index is 1230. The topological polar surface area (TPSA) is 93.5 Å². The van der Waals surface area contributed by atoms with Crippen molar-refractivity contribution in [3.05, 3.63) is 64.6 Å². The number of aromatic nitrogens is 2. The molecular weight excluding hydrogens is 420 g/mol. The molecule has 2 heterocycles. The van der Waals surface area contributed by atoms with Gasteiger partial charge in [-0.25, -0.2) is 0 Å². The molecule has 8 nitrogen and oxygen atoms in total. The van der Waals surface area contributed by atoms with E-state index in [2.05, 4.69) is 24.3 Å². The van der Waals surface area contributed by atoms with Crippen LogP contribution in [0.4, 0.5) is 0 Å². The average Bonchev–Trinajstić information content (AvgIpc) is 2.82. The molecule has 0 spiro atoms. The number of benzene rings is 2. The van der Waals surface area contributed by atoms with Crippen molar-refractivity contribution in [2.24, 2.45) is 11.8 Å². The fourth-order valence-corrected chi connectivity index (χ4v) is 4.47. The minimum Gasteiger partial charge on any atom is -0.497 e. The Kier molecular flexibility index (Phi) is 6.44. The predicted octanol–water partition coefficient (Wildman–Crippen LogP) is 2.63. The minimum atomic E-state index is -0.500. The summed E-state index contributed by atoms with van der Waals surface area (Å²) in [4.78, 5) is 40.7. The zero-order chi connectivity index (χ0) is 23.5. The zero-order valence-electron chi connectivity index (χ0n) is 19.1. The van der Waals surface area contributed by atoms with Gasteiger partial charge in [0.25, 0.3) is 11.5 Å². The van der Waals surface area contributed by atoms with E-state index < -0.39 is 5.91 Å². The number of fused-ring (bicyclic) bond motifs is 1. The average molecular weight is 449 g/mol. The summed E-state index contributed by atoms with van der Waals surface area (Å²) in [6.07, 6.45) is 1.10. The third-order valence-electron chi connectivity index (χ3n) is 5.96. The molecule has 2 amide bonds. The molecule has 0 bridgehead atoms. The summed E-state index contributed by atoms with van der Waals surface area (Å²) in [6, 6.07) is 13.7. The minimum absolute atomic E-state index is 0.0919. The first-order valence-corrected chi connectivity index (χ1v) is 11.1. The second-order valence-electron chi connectivity index (χ2n) is 8.74. The maximum Gasteiger partial charge on any atom is 0.279 e. The van der Waals surface area contributed by atoms with Crippen LogP contribution in [0.3, 0.4) is 0 Å². The highest BCUT2D eigenvalue weighted by molar-refractivity contribution is 6.05. The van der Waals surface area contributed by atoms with Crippen LogP contribution in [0.25, 0.3) is 16.5 Å². The van der Waals surface area contributed by atoms with E-state index in [4.69, 9.17) is 4.74 Å². The van der Waals surface area contributed by atoms with E-state index in [0.717, 1.165) is 6.42 Å². The maximum atomic E-state index is 13.1. The van der Waals surface area contributed by atoms with Crippen molar-refractivity contribution in [1.82, 2.24) is 20.0 Å². The Hall–Kier alpha value is -3.68. The van der Waals surface area contributed by atoms with Crippen LogP contribution in [-0.4, -0.2) is 53.2 Å². The fraction of sp³-hybridized carbons (Fsp3) is 0.360. The highest BCUT2D eigenvalue weighted by Crippen LogP contribution is 2.21. The van der Waals surface area contributed by atoms with Gasteiger partial charge in [0.15, 0.2) is 5.69 Å². The van der Waals surface area contributed by atoms with E-state index >= 15 is 0 Å². The van der Waals surface area contributed by atoms with Gasteiger partial charge in [-0.05, 0) is 48.6 Å². The number of hydrogen-bond acceptors (Lipinski definition) is 5. The van der Waals surface area contributed by atoms with Crippen LogP contribution in [0.1, 0.15) is 30.8 Å². The summed E-state index contributed by atoms with van der Waals surface area (Å²) in [5.74, 6) is 0.902. The van der Waals surface area contributed by atoms with E-state index in [1.807, 2.05) is 4.90 Å². The molecule has 0 aliphatic carbocycles. The Labute approximate surface area is 192 Å². The lowest BCUT2D eigenvalue weighted by Gasteiger charge is -2.35. The maximum absolute atomic E-state index is 13.1. The highest BCUT2D eigenvalue weighted by Gasteiger charge is 2.26. The molecule has 1 aliphatic heterocycles. The molecule has 0 radical (unpaired) electrons. The second-order valence-corrected chi connectivity index (χ2v) is 8.74. The van der Waals surface area contributed by atoms with Crippen molar-refractivity contribution in [3.63, 3.8) is 0 Å². The van der Waals surface area contributed by atoms with Gasteiger partial charge in [-0.3, -0.25) is 14.4 Å². The monoisotopic (exact) mass is 448 g/mol. The lowest BCUT2D eigenvalue weighted by atomic mass is 9.92. The molecule has 2 aromatic carbocycles. The molecule has 1 aromatic heterocycles. The van der Waals surface area contributed by atoms with Gasteiger partial charge in [-0.15, -0.1) is 0 Å². The Balaban J connectivity index is 1.62. The molecule has 1 saturated heterocycles. The quantitative estimate of drug-likeness (QED) is 0.648. The Morgan fingerprint density at radius 1 is 1.03 bits per heavy atom. The highest BCUT2D eigenvalue weighted by atomic mass is 16.5. The number of nitrogens with one attached hydrogen (secondary N) is 1. The van der Waals surface area contributed by atoms with Crippen LogP contribution in [0.15, 0.2) is 53.3 Å². The Morgan fingerprint density at radius 2 is 1.67 bits per heavy atom. The van der Waals surface area contributed by atoms with Crippen LogP contribution in [0.2, 0.25) is 0 Å². The molecule has 3 aromatic rings. The molecule has 0 unspecified atom stereocenters. The third-order valence-corrected chi connectivity index (χ3v) is 5.96. The number of piperidine rings is 1. The van der Waals surface area contributed by atoms with Crippen molar-refractivity contribution in [2.75, 3.05) is 26.7 Å². The van der Waals surface area contributed by atoms with Gasteiger partial charge in [-0.1, -0.05) is 32.0 Å². The van der Waals surface area contributed by atoms with E-state index in [0.29, 0.717) is 47.1 Å². The van der Waals surface area contributed by atoms with Gasteiger partial charge in [0.1, 0.15) is 5.75 Å². The summed E-state index contributed by atoms with van der Waals surface area (Å²) in [6.45, 7) is 5.54. The van der Waals surface area contributed by atoms with Crippen LogP contribution < -0.4 is 15.6 Å². The molecule has 1 aliphatic rings. The first kappa shape index (κ1) is 22.5. The van der Waals surface area contributed by atoms with Crippen LogP contribution in [0, 0.1) is 11.8 Å². The molecule has 0 saturated carbocycles. The molecule has 4 rings (SSSR count). The fourth-order valence-electron chi connectivity index (χ4n) is 4.47. The number of carbonyl (C=O) groups is 2. The lowest BCUT2D eigenvalue weighted by Crippen LogP contribution is -2.47. The molecule has 8 heteroatoms. The van der Waals surface area contributed by atoms with Crippen LogP contribution >= 0.6 is 0 Å². The van der Waals surface area contributed by atoms with Crippen LogP contribution in [-0.2, 0) is 4.79 Å². The smallest absolute Gasteiger partial charge is 0.279 e. The summed E-state index contributed by atoms with van der Waals surface area (Å²) in [7, 11) is 1.56. The van der Waals surface area contributed by atoms with Crippen molar-refractivity contribution < 1.29 is 14.3 Å². The van der Waals surface area contributed by atoms with E-state index in [-0.39, 0.29) is 23.7 Å². The van der Waals surface area contributed by atoms with Gasteiger partial charge in [0, 0.05) is 18.5 Å². The number of hydrogen-bond donors (Lipinski definition) is 1. The van der Waals surface area contributed by atoms with Gasteiger partial charge in [0.2, 0.25) is 5.91 Å². The number of carbonyl (C=O) groups excluding carboxylic acids is 2. The summed E-state index contributed by atoms with van der Waals surface area (Å²) in [5.41, 5.74) is 0.266. The summed E-state index contributed by atoms with van der Waals surface area (Å²) in [5, 5.41) is 7.89. The van der Waals surface area contributed by atoms with Gasteiger partial charge in [-0.2, -0.15) is 9.78 Å². The molecule has 1 fully saturated rings.